The number of nitrogens with one attached hydrogen (secondary N) is 2. The fourth-order valence-electron chi connectivity index (χ4n) is 3.34. The zero-order valence-corrected chi connectivity index (χ0v) is 16.1. The largest absolute Gasteiger partial charge is 0.490 e. The van der Waals surface area contributed by atoms with E-state index in [-0.39, 0.29) is 6.03 Å². The zero-order chi connectivity index (χ0) is 19.1. The van der Waals surface area contributed by atoms with Gasteiger partial charge in [0.25, 0.3) is 0 Å². The fraction of sp³-hybridized carbons (Fsp3) is 0.600. The molecule has 27 heavy (non-hydrogen) atoms. The topological polar surface area (TPSA) is 92.0 Å². The van der Waals surface area contributed by atoms with E-state index >= 15 is 0 Å². The Morgan fingerprint density at radius 2 is 2.00 bits per heavy atom. The first-order valence-corrected chi connectivity index (χ1v) is 9.99. The summed E-state index contributed by atoms with van der Waals surface area (Å²) in [5.74, 6) is 1.74. The molecule has 1 aromatic rings. The lowest BCUT2D eigenvalue weighted by atomic mass is 9.96. The molecule has 0 atom stereocenters. The Balaban J connectivity index is 1.58. The Labute approximate surface area is 161 Å². The van der Waals surface area contributed by atoms with Gasteiger partial charge in [-0.1, -0.05) is 18.2 Å². The molecule has 0 unspecified atom stereocenters. The number of primary amides is 1. The van der Waals surface area contributed by atoms with Crippen LogP contribution in [0.15, 0.2) is 29.3 Å². The molecule has 0 radical (unpaired) electrons. The fourth-order valence-corrected chi connectivity index (χ4v) is 3.34. The third-order valence-electron chi connectivity index (χ3n) is 5.22. The molecule has 3 rings (SSSR count). The molecule has 148 valence electrons. The summed E-state index contributed by atoms with van der Waals surface area (Å²) >= 11 is 0. The number of carbonyl (C=O) groups excluding carboxylic acids is 1. The average molecular weight is 374 g/mol. The van der Waals surface area contributed by atoms with Crippen LogP contribution in [0.1, 0.15) is 44.6 Å². The first-order valence-electron chi connectivity index (χ1n) is 9.99. The van der Waals surface area contributed by atoms with Crippen LogP contribution in [0.2, 0.25) is 0 Å². The van der Waals surface area contributed by atoms with E-state index in [0.717, 1.165) is 49.5 Å². The third kappa shape index (κ3) is 5.52. The molecular formula is C20H31N5O2. The van der Waals surface area contributed by atoms with Gasteiger partial charge in [-0.3, -0.25) is 0 Å². The van der Waals surface area contributed by atoms with Crippen molar-refractivity contribution < 1.29 is 9.53 Å². The quantitative estimate of drug-likeness (QED) is 0.527. The predicted molar refractivity (Wildman–Crippen MR) is 107 cm³/mol. The summed E-state index contributed by atoms with van der Waals surface area (Å²) in [4.78, 5) is 17.7. The molecule has 0 spiro atoms. The van der Waals surface area contributed by atoms with Crippen molar-refractivity contribution in [3.8, 4) is 5.75 Å². The van der Waals surface area contributed by atoms with Crippen LogP contribution in [0, 0.1) is 0 Å². The third-order valence-corrected chi connectivity index (χ3v) is 5.22. The summed E-state index contributed by atoms with van der Waals surface area (Å²) in [5.41, 5.74) is 6.46. The normalized spacial score (nSPS) is 18.7. The number of amides is 2. The molecule has 0 aromatic heterocycles. The van der Waals surface area contributed by atoms with Crippen molar-refractivity contribution in [2.24, 2.45) is 10.7 Å². The highest BCUT2D eigenvalue weighted by Gasteiger charge is 2.22. The highest BCUT2D eigenvalue weighted by Crippen LogP contribution is 2.27. The van der Waals surface area contributed by atoms with Gasteiger partial charge in [-0.05, 0) is 45.1 Å². The van der Waals surface area contributed by atoms with Crippen LogP contribution in [0.4, 0.5) is 4.79 Å². The molecule has 1 aliphatic heterocycles. The summed E-state index contributed by atoms with van der Waals surface area (Å²) < 4.78 is 6.10. The van der Waals surface area contributed by atoms with Gasteiger partial charge in [0.05, 0.1) is 12.6 Å². The number of carbonyl (C=O) groups is 1. The van der Waals surface area contributed by atoms with Crippen molar-refractivity contribution in [1.29, 1.82) is 0 Å². The van der Waals surface area contributed by atoms with Crippen molar-refractivity contribution in [1.82, 2.24) is 15.5 Å². The van der Waals surface area contributed by atoms with Gasteiger partial charge in [0.2, 0.25) is 0 Å². The van der Waals surface area contributed by atoms with E-state index in [4.69, 9.17) is 15.5 Å². The lowest BCUT2D eigenvalue weighted by Gasteiger charge is -2.32. The number of guanidine groups is 1. The van der Waals surface area contributed by atoms with E-state index in [2.05, 4.69) is 23.6 Å². The van der Waals surface area contributed by atoms with Gasteiger partial charge >= 0.3 is 6.03 Å². The molecular weight excluding hydrogens is 342 g/mol. The molecule has 2 amide bonds. The highest BCUT2D eigenvalue weighted by atomic mass is 16.5. The summed E-state index contributed by atoms with van der Waals surface area (Å²) in [6, 6.07) is 8.10. The second-order valence-corrected chi connectivity index (χ2v) is 7.22. The highest BCUT2D eigenvalue weighted by molar-refractivity contribution is 5.80. The first-order chi connectivity index (χ1) is 13.2. The van der Waals surface area contributed by atoms with Crippen LogP contribution < -0.4 is 21.1 Å². The van der Waals surface area contributed by atoms with Crippen molar-refractivity contribution in [2.45, 2.75) is 57.7 Å². The van der Waals surface area contributed by atoms with Crippen molar-refractivity contribution in [3.63, 3.8) is 0 Å². The number of para-hydroxylation sites is 1. The van der Waals surface area contributed by atoms with Gasteiger partial charge < -0.3 is 26.0 Å². The van der Waals surface area contributed by atoms with Crippen LogP contribution in [0.3, 0.4) is 0 Å². The number of ether oxygens (including phenoxy) is 1. The maximum Gasteiger partial charge on any atom is 0.314 e. The number of nitrogens with two attached hydrogens (primary N) is 1. The Morgan fingerprint density at radius 1 is 1.26 bits per heavy atom. The molecule has 1 aliphatic carbocycles. The van der Waals surface area contributed by atoms with Gasteiger partial charge in [-0.25, -0.2) is 9.79 Å². The van der Waals surface area contributed by atoms with Crippen LogP contribution in [0.25, 0.3) is 0 Å². The minimum atomic E-state index is -0.336. The molecule has 4 N–H and O–H groups in total. The van der Waals surface area contributed by atoms with Crippen LogP contribution in [0.5, 0.6) is 5.75 Å². The van der Waals surface area contributed by atoms with E-state index < -0.39 is 0 Å². The average Bonchev–Trinajstić information content (AvgIpc) is 2.64. The Bertz CT molecular complexity index is 652. The molecule has 2 aliphatic rings. The Morgan fingerprint density at radius 3 is 2.63 bits per heavy atom. The van der Waals surface area contributed by atoms with E-state index in [9.17, 15) is 4.79 Å². The molecule has 7 nitrogen and oxygen atoms in total. The number of piperidine rings is 1. The lowest BCUT2D eigenvalue weighted by molar-refractivity contribution is 0.119. The van der Waals surface area contributed by atoms with Gasteiger partial charge in [-0.15, -0.1) is 0 Å². The zero-order valence-electron chi connectivity index (χ0n) is 16.1. The van der Waals surface area contributed by atoms with Crippen LogP contribution in [-0.2, 0) is 6.54 Å². The molecule has 1 saturated carbocycles. The molecule has 0 bridgehead atoms. The van der Waals surface area contributed by atoms with Crippen LogP contribution >= 0.6 is 0 Å². The number of aliphatic imine (C=N–C) groups is 1. The van der Waals surface area contributed by atoms with Gasteiger partial charge in [-0.2, -0.15) is 0 Å². The summed E-state index contributed by atoms with van der Waals surface area (Å²) in [6.07, 6.45) is 5.65. The molecule has 1 aromatic carbocycles. The number of rotatable bonds is 6. The minimum Gasteiger partial charge on any atom is -0.490 e. The standard InChI is InChI=1S/C20H31N5O2/c1-2-22-20(24-16-10-12-25(13-11-16)19(21)26)23-14-15-6-3-4-9-18(15)27-17-7-5-8-17/h3-4,6,9,16-17H,2,5,7-8,10-14H2,1H3,(H2,21,26)(H2,22,23,24). The number of urea groups is 1. The second kappa shape index (κ2) is 9.48. The maximum atomic E-state index is 11.3. The van der Waals surface area contributed by atoms with E-state index in [1.807, 2.05) is 18.2 Å². The number of likely N-dealkylation sites (tertiary alicyclic amines) is 1. The lowest BCUT2D eigenvalue weighted by Crippen LogP contribution is -2.50. The summed E-state index contributed by atoms with van der Waals surface area (Å²) in [7, 11) is 0. The van der Waals surface area contributed by atoms with Crippen LogP contribution in [-0.4, -0.2) is 48.7 Å². The smallest absolute Gasteiger partial charge is 0.314 e. The van der Waals surface area contributed by atoms with E-state index in [0.29, 0.717) is 31.8 Å². The number of hydrogen-bond donors (Lipinski definition) is 3. The summed E-state index contributed by atoms with van der Waals surface area (Å²) in [5, 5.41) is 6.80. The minimum absolute atomic E-state index is 0.292. The van der Waals surface area contributed by atoms with E-state index in [1.54, 1.807) is 4.90 Å². The van der Waals surface area contributed by atoms with Gasteiger partial charge in [0.1, 0.15) is 5.75 Å². The van der Waals surface area contributed by atoms with Crippen molar-refractivity contribution >= 4 is 12.0 Å². The molecule has 7 heteroatoms. The maximum absolute atomic E-state index is 11.3. The second-order valence-electron chi connectivity index (χ2n) is 7.22. The van der Waals surface area contributed by atoms with Crippen molar-refractivity contribution in [3.05, 3.63) is 29.8 Å². The first kappa shape index (κ1) is 19.3. The Hall–Kier alpha value is -2.44. The predicted octanol–water partition coefficient (Wildman–Crippen LogP) is 2.22. The Kier molecular flexibility index (Phi) is 6.79. The van der Waals surface area contributed by atoms with Gasteiger partial charge in [0, 0.05) is 31.2 Å². The molecule has 1 saturated heterocycles. The number of hydrogen-bond acceptors (Lipinski definition) is 3. The SMILES string of the molecule is CCNC(=NCc1ccccc1OC1CCC1)NC1CCN(C(N)=O)CC1. The molecule has 1 heterocycles. The molecule has 2 fully saturated rings. The number of nitrogens with zero attached hydrogens (tertiary/aromatic N) is 2. The van der Waals surface area contributed by atoms with Crippen molar-refractivity contribution in [2.75, 3.05) is 19.6 Å². The van der Waals surface area contributed by atoms with Gasteiger partial charge in [0.15, 0.2) is 5.96 Å². The monoisotopic (exact) mass is 373 g/mol. The van der Waals surface area contributed by atoms with E-state index in [1.165, 1.54) is 6.42 Å². The summed E-state index contributed by atoms with van der Waals surface area (Å²) in [6.45, 7) is 4.79. The number of benzene rings is 1.